The van der Waals surface area contributed by atoms with Crippen LogP contribution < -0.4 is 0 Å². The summed E-state index contributed by atoms with van der Waals surface area (Å²) in [5.74, 6) is 0.150. The first-order valence-electron chi connectivity index (χ1n) is 6.85. The highest BCUT2D eigenvalue weighted by Crippen LogP contribution is 2.18. The number of carbonyl (C=O) groups excluding carboxylic acids is 1. The van der Waals surface area contributed by atoms with Gasteiger partial charge in [0.25, 0.3) is 0 Å². The van der Waals surface area contributed by atoms with Gasteiger partial charge in [0.05, 0.1) is 6.42 Å². The van der Waals surface area contributed by atoms with Gasteiger partial charge in [-0.15, -0.1) is 0 Å². The lowest BCUT2D eigenvalue weighted by Crippen LogP contribution is -2.32. The Balaban J connectivity index is 2.23. The third-order valence-corrected chi connectivity index (χ3v) is 3.60. The van der Waals surface area contributed by atoms with E-state index in [2.05, 4.69) is 0 Å². The average Bonchev–Trinajstić information content (AvgIpc) is 2.88. The van der Waals surface area contributed by atoms with Crippen LogP contribution in [0, 0.1) is 0 Å². The lowest BCUT2D eigenvalue weighted by Gasteiger charge is -2.19. The zero-order chi connectivity index (χ0) is 14.5. The second-order valence-electron chi connectivity index (χ2n) is 4.59. The van der Waals surface area contributed by atoms with Gasteiger partial charge in [-0.05, 0) is 44.2 Å². The van der Waals surface area contributed by atoms with Gasteiger partial charge in [0.2, 0.25) is 5.91 Å². The van der Waals surface area contributed by atoms with Gasteiger partial charge in [0.1, 0.15) is 0 Å². The molecule has 0 radical (unpaired) electrons. The maximum atomic E-state index is 12.2. The molecule has 0 aliphatic carbocycles. The van der Waals surface area contributed by atoms with Gasteiger partial charge in [-0.3, -0.25) is 4.79 Å². The molecule has 0 aliphatic heterocycles. The predicted octanol–water partition coefficient (Wildman–Crippen LogP) is 3.54. The molecule has 1 heterocycles. The van der Waals surface area contributed by atoms with Crippen molar-refractivity contribution in [3.63, 3.8) is 0 Å². The highest BCUT2D eigenvalue weighted by Gasteiger charge is 2.13. The van der Waals surface area contributed by atoms with Crippen molar-refractivity contribution < 1.29 is 4.79 Å². The average molecular weight is 291 g/mol. The van der Waals surface area contributed by atoms with Crippen molar-refractivity contribution in [3.8, 4) is 5.69 Å². The zero-order valence-corrected chi connectivity index (χ0v) is 12.6. The van der Waals surface area contributed by atoms with E-state index in [1.54, 1.807) is 0 Å². The van der Waals surface area contributed by atoms with Crippen molar-refractivity contribution in [2.75, 3.05) is 13.1 Å². The van der Waals surface area contributed by atoms with Crippen molar-refractivity contribution in [1.82, 2.24) is 9.47 Å². The minimum atomic E-state index is 0.150. The highest BCUT2D eigenvalue weighted by molar-refractivity contribution is 6.30. The highest BCUT2D eigenvalue weighted by atomic mass is 35.5. The van der Waals surface area contributed by atoms with Gasteiger partial charge in [0, 0.05) is 35.7 Å². The van der Waals surface area contributed by atoms with Crippen molar-refractivity contribution >= 4 is 17.5 Å². The number of benzene rings is 1. The van der Waals surface area contributed by atoms with Crippen LogP contribution in [-0.2, 0) is 11.2 Å². The van der Waals surface area contributed by atoms with Crippen molar-refractivity contribution in [1.29, 1.82) is 0 Å². The van der Waals surface area contributed by atoms with Crippen LogP contribution >= 0.6 is 11.6 Å². The Morgan fingerprint density at radius 1 is 1.20 bits per heavy atom. The van der Waals surface area contributed by atoms with Crippen LogP contribution in [0.1, 0.15) is 19.5 Å². The van der Waals surface area contributed by atoms with E-state index >= 15 is 0 Å². The zero-order valence-electron chi connectivity index (χ0n) is 11.8. The number of halogens is 1. The third-order valence-electron chi connectivity index (χ3n) is 3.37. The number of carbonyl (C=O) groups is 1. The van der Waals surface area contributed by atoms with E-state index in [1.807, 2.05) is 65.9 Å². The topological polar surface area (TPSA) is 25.2 Å². The van der Waals surface area contributed by atoms with Gasteiger partial charge < -0.3 is 9.47 Å². The Labute approximate surface area is 124 Å². The minimum Gasteiger partial charge on any atom is -0.343 e. The summed E-state index contributed by atoms with van der Waals surface area (Å²) in [5.41, 5.74) is 1.95. The summed E-state index contributed by atoms with van der Waals surface area (Å²) in [4.78, 5) is 14.1. The van der Waals surface area contributed by atoms with Crippen LogP contribution in [-0.4, -0.2) is 28.5 Å². The standard InChI is InChI=1S/C16H19ClN2O/c1-3-18(4-2)16(20)12-15-9-6-10-19(15)14-8-5-7-13(17)11-14/h5-11H,3-4,12H2,1-2H3. The Morgan fingerprint density at radius 2 is 1.95 bits per heavy atom. The number of amides is 1. The summed E-state index contributed by atoms with van der Waals surface area (Å²) in [6.45, 7) is 5.48. The summed E-state index contributed by atoms with van der Waals surface area (Å²) in [6, 6.07) is 11.6. The quantitative estimate of drug-likeness (QED) is 0.827. The van der Waals surface area contributed by atoms with E-state index in [4.69, 9.17) is 11.6 Å². The first kappa shape index (κ1) is 14.7. The molecule has 2 rings (SSSR count). The number of nitrogens with zero attached hydrogens (tertiary/aromatic N) is 2. The summed E-state index contributed by atoms with van der Waals surface area (Å²) in [6.07, 6.45) is 2.36. The largest absolute Gasteiger partial charge is 0.343 e. The molecule has 4 heteroatoms. The van der Waals surface area contributed by atoms with Gasteiger partial charge >= 0.3 is 0 Å². The molecule has 1 amide bonds. The van der Waals surface area contributed by atoms with Gasteiger partial charge in [0.15, 0.2) is 0 Å². The fraction of sp³-hybridized carbons (Fsp3) is 0.312. The summed E-state index contributed by atoms with van der Waals surface area (Å²) in [5, 5.41) is 0.692. The van der Waals surface area contributed by atoms with Crippen LogP contribution in [0.15, 0.2) is 42.6 Å². The molecule has 20 heavy (non-hydrogen) atoms. The molecule has 0 N–H and O–H groups in total. The number of likely N-dealkylation sites (N-methyl/N-ethyl adjacent to an activating group) is 1. The van der Waals surface area contributed by atoms with Crippen LogP contribution in [0.2, 0.25) is 5.02 Å². The maximum absolute atomic E-state index is 12.2. The smallest absolute Gasteiger partial charge is 0.228 e. The molecule has 0 atom stereocenters. The molecule has 1 aromatic carbocycles. The van der Waals surface area contributed by atoms with Crippen molar-refractivity contribution in [2.45, 2.75) is 20.3 Å². The van der Waals surface area contributed by atoms with Gasteiger partial charge in [-0.1, -0.05) is 17.7 Å². The van der Waals surface area contributed by atoms with Crippen molar-refractivity contribution in [3.05, 3.63) is 53.3 Å². The van der Waals surface area contributed by atoms with E-state index in [1.165, 1.54) is 0 Å². The number of hydrogen-bond acceptors (Lipinski definition) is 1. The molecule has 0 aliphatic rings. The Hall–Kier alpha value is -1.74. The lowest BCUT2D eigenvalue weighted by molar-refractivity contribution is -0.130. The molecule has 1 aromatic heterocycles. The normalized spacial score (nSPS) is 10.6. The van der Waals surface area contributed by atoms with E-state index in [0.29, 0.717) is 11.4 Å². The summed E-state index contributed by atoms with van der Waals surface area (Å²) >= 11 is 6.03. The summed E-state index contributed by atoms with van der Waals surface area (Å²) in [7, 11) is 0. The SMILES string of the molecule is CCN(CC)C(=O)Cc1cccn1-c1cccc(Cl)c1. The number of rotatable bonds is 5. The predicted molar refractivity (Wildman–Crippen MR) is 82.4 cm³/mol. The van der Waals surface area contributed by atoms with E-state index in [0.717, 1.165) is 24.5 Å². The van der Waals surface area contributed by atoms with Crippen LogP contribution in [0.4, 0.5) is 0 Å². The fourth-order valence-electron chi connectivity index (χ4n) is 2.28. The van der Waals surface area contributed by atoms with Gasteiger partial charge in [-0.2, -0.15) is 0 Å². The van der Waals surface area contributed by atoms with Crippen molar-refractivity contribution in [2.24, 2.45) is 0 Å². The van der Waals surface area contributed by atoms with E-state index in [9.17, 15) is 4.79 Å². The molecule has 0 saturated heterocycles. The molecule has 0 bridgehead atoms. The van der Waals surface area contributed by atoms with Crippen LogP contribution in [0.3, 0.4) is 0 Å². The minimum absolute atomic E-state index is 0.150. The molecule has 3 nitrogen and oxygen atoms in total. The fourth-order valence-corrected chi connectivity index (χ4v) is 2.47. The first-order valence-corrected chi connectivity index (χ1v) is 7.23. The molecular formula is C16H19ClN2O. The maximum Gasteiger partial charge on any atom is 0.228 e. The van der Waals surface area contributed by atoms with Crippen LogP contribution in [0.5, 0.6) is 0 Å². The van der Waals surface area contributed by atoms with E-state index < -0.39 is 0 Å². The Morgan fingerprint density at radius 3 is 2.60 bits per heavy atom. The number of hydrogen-bond donors (Lipinski definition) is 0. The molecule has 0 unspecified atom stereocenters. The monoisotopic (exact) mass is 290 g/mol. The molecular weight excluding hydrogens is 272 g/mol. The number of aromatic nitrogens is 1. The molecule has 0 saturated carbocycles. The first-order chi connectivity index (χ1) is 9.65. The molecule has 0 fully saturated rings. The third kappa shape index (κ3) is 3.23. The Bertz CT molecular complexity index is 588. The second kappa shape index (κ2) is 6.62. The van der Waals surface area contributed by atoms with Crippen LogP contribution in [0.25, 0.3) is 5.69 Å². The Kier molecular flexibility index (Phi) is 4.85. The lowest BCUT2D eigenvalue weighted by atomic mass is 10.2. The second-order valence-corrected chi connectivity index (χ2v) is 5.03. The van der Waals surface area contributed by atoms with Gasteiger partial charge in [-0.25, -0.2) is 0 Å². The molecule has 0 spiro atoms. The molecule has 2 aromatic rings. The van der Waals surface area contributed by atoms with E-state index in [-0.39, 0.29) is 5.91 Å². The summed E-state index contributed by atoms with van der Waals surface area (Å²) < 4.78 is 2.01. The molecule has 106 valence electrons.